The van der Waals surface area contributed by atoms with E-state index in [4.69, 9.17) is 27.9 Å². The maximum Gasteiger partial charge on any atom is 0.0623 e. The second-order valence-electron chi connectivity index (χ2n) is 5.83. The minimum atomic E-state index is -0.0830. The molecule has 0 heterocycles. The zero-order valence-corrected chi connectivity index (χ0v) is 12.8. The van der Waals surface area contributed by atoms with Crippen molar-refractivity contribution < 1.29 is 4.74 Å². The smallest absolute Gasteiger partial charge is 0.0623 e. The fraction of sp³-hybridized carbons (Fsp3) is 1.00. The van der Waals surface area contributed by atoms with E-state index in [9.17, 15) is 0 Å². The molecular weight excluding hydrogens is 243 g/mol. The summed E-state index contributed by atoms with van der Waals surface area (Å²) in [5.74, 6) is 1.89. The second kappa shape index (κ2) is 7.08. The summed E-state index contributed by atoms with van der Waals surface area (Å²) in [6, 6.07) is 0. The molecule has 3 heteroatoms. The van der Waals surface area contributed by atoms with Gasteiger partial charge >= 0.3 is 0 Å². The van der Waals surface area contributed by atoms with Crippen molar-refractivity contribution in [2.75, 3.05) is 18.9 Å². The summed E-state index contributed by atoms with van der Waals surface area (Å²) in [7, 11) is 1.76. The average Bonchev–Trinajstić information content (AvgIpc) is 2.24. The molecule has 98 valence electrons. The van der Waals surface area contributed by atoms with Crippen molar-refractivity contribution in [1.29, 1.82) is 0 Å². The summed E-state index contributed by atoms with van der Waals surface area (Å²) < 4.78 is 5.44. The maximum atomic E-state index is 6.12. The van der Waals surface area contributed by atoms with Crippen LogP contribution in [0.1, 0.15) is 47.0 Å². The van der Waals surface area contributed by atoms with Crippen LogP contribution in [0.2, 0.25) is 0 Å². The number of ether oxygens (including phenoxy) is 1. The third-order valence-electron chi connectivity index (χ3n) is 3.22. The van der Waals surface area contributed by atoms with Crippen LogP contribution in [0.25, 0.3) is 0 Å². The first-order valence-electron chi connectivity index (χ1n) is 5.98. The van der Waals surface area contributed by atoms with E-state index < -0.39 is 0 Å². The predicted molar refractivity (Wildman–Crippen MR) is 73.7 cm³/mol. The highest BCUT2D eigenvalue weighted by molar-refractivity contribution is 6.21. The number of methoxy groups -OCH3 is 1. The van der Waals surface area contributed by atoms with Crippen molar-refractivity contribution in [1.82, 2.24) is 0 Å². The van der Waals surface area contributed by atoms with Crippen LogP contribution in [-0.4, -0.2) is 24.5 Å². The molecule has 0 fully saturated rings. The molecule has 0 aliphatic heterocycles. The first-order valence-corrected chi connectivity index (χ1v) is 7.05. The summed E-state index contributed by atoms with van der Waals surface area (Å²) in [5, 5.41) is 0. The number of rotatable bonds is 8. The monoisotopic (exact) mass is 268 g/mol. The van der Waals surface area contributed by atoms with Gasteiger partial charge in [-0.05, 0) is 44.4 Å². The Hall–Kier alpha value is 0.540. The Morgan fingerprint density at radius 1 is 1.06 bits per heavy atom. The summed E-state index contributed by atoms with van der Waals surface area (Å²) >= 11 is 12.2. The van der Waals surface area contributed by atoms with E-state index in [1.807, 2.05) is 0 Å². The van der Waals surface area contributed by atoms with Gasteiger partial charge in [-0.2, -0.15) is 0 Å². The fourth-order valence-corrected chi connectivity index (χ4v) is 2.69. The summed E-state index contributed by atoms with van der Waals surface area (Å²) in [6.45, 7) is 8.65. The second-order valence-corrected chi connectivity index (χ2v) is 6.36. The third-order valence-corrected chi connectivity index (χ3v) is 4.35. The summed E-state index contributed by atoms with van der Waals surface area (Å²) in [5.41, 5.74) is -0.0204. The van der Waals surface area contributed by atoms with Crippen LogP contribution in [-0.2, 0) is 4.74 Å². The van der Waals surface area contributed by atoms with E-state index in [2.05, 4.69) is 27.7 Å². The van der Waals surface area contributed by atoms with E-state index in [-0.39, 0.29) is 11.0 Å². The Kier molecular flexibility index (Phi) is 7.32. The van der Waals surface area contributed by atoms with Crippen molar-refractivity contribution >= 4 is 23.2 Å². The highest BCUT2D eigenvalue weighted by atomic mass is 35.5. The molecule has 0 aromatic rings. The molecule has 0 radical (unpaired) electrons. The van der Waals surface area contributed by atoms with Gasteiger partial charge in [-0.15, -0.1) is 23.2 Å². The molecule has 0 rings (SSSR count). The molecule has 0 N–H and O–H groups in total. The Morgan fingerprint density at radius 3 is 1.88 bits per heavy atom. The molecule has 0 atom stereocenters. The van der Waals surface area contributed by atoms with Crippen LogP contribution >= 0.6 is 23.2 Å². The third kappa shape index (κ3) is 5.75. The molecule has 0 bridgehead atoms. The largest absolute Gasteiger partial charge is 0.379 e. The number of halogens is 2. The zero-order chi connectivity index (χ0) is 12.8. The van der Waals surface area contributed by atoms with Crippen molar-refractivity contribution in [3.63, 3.8) is 0 Å². The Balaban J connectivity index is 4.43. The van der Waals surface area contributed by atoms with Crippen LogP contribution in [0.3, 0.4) is 0 Å². The molecular formula is C13H26Cl2O. The van der Waals surface area contributed by atoms with Gasteiger partial charge in [0.2, 0.25) is 0 Å². The Labute approximate surface area is 111 Å². The molecule has 0 saturated carbocycles. The van der Waals surface area contributed by atoms with Gasteiger partial charge in [0.1, 0.15) is 0 Å². The summed E-state index contributed by atoms with van der Waals surface area (Å²) in [6.07, 6.45) is 3.11. The van der Waals surface area contributed by atoms with Crippen molar-refractivity contribution in [3.05, 3.63) is 0 Å². The molecule has 0 aromatic carbocycles. The van der Waals surface area contributed by atoms with Crippen LogP contribution in [0.15, 0.2) is 0 Å². The molecule has 16 heavy (non-hydrogen) atoms. The van der Waals surface area contributed by atoms with E-state index >= 15 is 0 Å². The standard InChI is InChI=1S/C13H26Cl2O/c1-11(2)8-13(9-14,10-15)7-6-12(3,4)16-5/h11H,6-10H2,1-5H3. The zero-order valence-electron chi connectivity index (χ0n) is 11.3. The van der Waals surface area contributed by atoms with E-state index in [1.165, 1.54) is 0 Å². The first kappa shape index (κ1) is 16.5. The highest BCUT2D eigenvalue weighted by Gasteiger charge is 2.31. The molecule has 0 aromatic heterocycles. The predicted octanol–water partition coefficient (Wildman–Crippen LogP) is 4.70. The Bertz CT molecular complexity index is 186. The quantitative estimate of drug-likeness (QED) is 0.580. The maximum absolute atomic E-state index is 6.12. The number of hydrogen-bond acceptors (Lipinski definition) is 1. The fourth-order valence-electron chi connectivity index (χ4n) is 1.91. The van der Waals surface area contributed by atoms with E-state index in [0.29, 0.717) is 17.7 Å². The minimum absolute atomic E-state index is 0.0626. The average molecular weight is 269 g/mol. The topological polar surface area (TPSA) is 9.23 Å². The first-order chi connectivity index (χ1) is 7.31. The van der Waals surface area contributed by atoms with Crippen molar-refractivity contribution in [3.8, 4) is 0 Å². The van der Waals surface area contributed by atoms with Crippen LogP contribution < -0.4 is 0 Å². The minimum Gasteiger partial charge on any atom is -0.379 e. The molecule has 0 spiro atoms. The van der Waals surface area contributed by atoms with Crippen molar-refractivity contribution in [2.45, 2.75) is 52.6 Å². The lowest BCUT2D eigenvalue weighted by atomic mass is 9.77. The highest BCUT2D eigenvalue weighted by Crippen LogP contribution is 2.36. The molecule has 1 nitrogen and oxygen atoms in total. The van der Waals surface area contributed by atoms with Gasteiger partial charge in [0.25, 0.3) is 0 Å². The lowest BCUT2D eigenvalue weighted by Gasteiger charge is -2.34. The van der Waals surface area contributed by atoms with Crippen LogP contribution in [0, 0.1) is 11.3 Å². The van der Waals surface area contributed by atoms with Crippen LogP contribution in [0.4, 0.5) is 0 Å². The Morgan fingerprint density at radius 2 is 1.56 bits per heavy atom. The molecule has 0 aliphatic rings. The van der Waals surface area contributed by atoms with Gasteiger partial charge in [0.05, 0.1) is 5.60 Å². The number of alkyl halides is 2. The van der Waals surface area contributed by atoms with Gasteiger partial charge in [0.15, 0.2) is 0 Å². The van der Waals surface area contributed by atoms with Crippen LogP contribution in [0.5, 0.6) is 0 Å². The van der Waals surface area contributed by atoms with Gasteiger partial charge in [0, 0.05) is 18.9 Å². The van der Waals surface area contributed by atoms with Gasteiger partial charge in [-0.3, -0.25) is 0 Å². The SMILES string of the molecule is COC(C)(C)CCC(CCl)(CCl)CC(C)C. The number of hydrogen-bond donors (Lipinski definition) is 0. The lowest BCUT2D eigenvalue weighted by Crippen LogP contribution is -2.32. The van der Waals surface area contributed by atoms with Gasteiger partial charge < -0.3 is 4.74 Å². The molecule has 0 saturated heterocycles. The molecule has 0 amide bonds. The molecule has 0 aliphatic carbocycles. The summed E-state index contributed by atoms with van der Waals surface area (Å²) in [4.78, 5) is 0. The van der Waals surface area contributed by atoms with Gasteiger partial charge in [-0.25, -0.2) is 0 Å². The van der Waals surface area contributed by atoms with E-state index in [0.717, 1.165) is 19.3 Å². The molecule has 0 unspecified atom stereocenters. The van der Waals surface area contributed by atoms with E-state index in [1.54, 1.807) is 7.11 Å². The lowest BCUT2D eigenvalue weighted by molar-refractivity contribution is 0.00501. The van der Waals surface area contributed by atoms with Gasteiger partial charge in [-0.1, -0.05) is 13.8 Å². The normalized spacial score (nSPS) is 13.5. The van der Waals surface area contributed by atoms with Crippen molar-refractivity contribution in [2.24, 2.45) is 11.3 Å².